The van der Waals surface area contributed by atoms with Crippen LogP contribution in [0.4, 0.5) is 5.82 Å². The maximum Gasteiger partial charge on any atom is 0.137 e. The van der Waals surface area contributed by atoms with Gasteiger partial charge < -0.3 is 10.4 Å². The van der Waals surface area contributed by atoms with E-state index >= 15 is 0 Å². The Balaban J connectivity index is 2.88. The lowest BCUT2D eigenvalue weighted by Gasteiger charge is -2.23. The van der Waals surface area contributed by atoms with E-state index < -0.39 is 5.60 Å². The highest BCUT2D eigenvalue weighted by Gasteiger charge is 2.20. The molecule has 19 heavy (non-hydrogen) atoms. The first kappa shape index (κ1) is 16.5. The van der Waals surface area contributed by atoms with Gasteiger partial charge in [0.15, 0.2) is 0 Å². The fourth-order valence-corrected chi connectivity index (χ4v) is 2.47. The van der Waals surface area contributed by atoms with Crippen molar-refractivity contribution in [2.45, 2.75) is 39.2 Å². The fourth-order valence-electron chi connectivity index (χ4n) is 1.57. The predicted octanol–water partition coefficient (Wildman–Crippen LogP) is 3.09. The van der Waals surface area contributed by atoms with Crippen molar-refractivity contribution in [2.24, 2.45) is 0 Å². The molecule has 0 spiro atoms. The van der Waals surface area contributed by atoms with Gasteiger partial charge in [0.2, 0.25) is 0 Å². The van der Waals surface area contributed by atoms with Crippen LogP contribution >= 0.6 is 23.4 Å². The molecule has 1 rings (SSSR count). The van der Waals surface area contributed by atoms with E-state index in [1.165, 1.54) is 0 Å². The Morgan fingerprint density at radius 2 is 2.05 bits per heavy atom. The second-order valence-electron chi connectivity index (χ2n) is 5.28. The zero-order valence-electron chi connectivity index (χ0n) is 12.1. The van der Waals surface area contributed by atoms with Crippen LogP contribution in [0.25, 0.3) is 0 Å². The Morgan fingerprint density at radius 3 is 2.58 bits per heavy atom. The molecule has 4 nitrogen and oxygen atoms in total. The number of rotatable bonds is 6. The van der Waals surface area contributed by atoms with Crippen LogP contribution in [0.3, 0.4) is 0 Å². The highest BCUT2D eigenvalue weighted by atomic mass is 35.5. The van der Waals surface area contributed by atoms with Crippen molar-refractivity contribution in [3.63, 3.8) is 0 Å². The van der Waals surface area contributed by atoms with Gasteiger partial charge in [-0.3, -0.25) is 0 Å². The van der Waals surface area contributed by atoms with Crippen molar-refractivity contribution in [3.05, 3.63) is 16.5 Å². The topological polar surface area (TPSA) is 58.0 Å². The number of nitrogens with one attached hydrogen (secondary N) is 1. The van der Waals surface area contributed by atoms with Crippen molar-refractivity contribution in [1.29, 1.82) is 0 Å². The van der Waals surface area contributed by atoms with E-state index in [2.05, 4.69) is 15.3 Å². The molecule has 6 heteroatoms. The molecule has 108 valence electrons. The average molecular weight is 304 g/mol. The van der Waals surface area contributed by atoms with Gasteiger partial charge in [0.25, 0.3) is 0 Å². The Bertz CT molecular complexity index is 438. The van der Waals surface area contributed by atoms with E-state index in [1.807, 2.05) is 27.0 Å². The molecular weight excluding hydrogens is 282 g/mol. The molecule has 0 aliphatic carbocycles. The fraction of sp³-hybridized carbons (Fsp3) is 0.692. The number of aliphatic hydroxyl groups is 1. The van der Waals surface area contributed by atoms with Gasteiger partial charge in [-0.1, -0.05) is 25.4 Å². The standard InChI is InChI=1S/C13H22ClN3OS/c1-8(2)11-16-10(14)9(3)12(17-11)15-6-13(4,18)7-19-5/h8,18H,6-7H2,1-5H3,(H,15,16,17). The number of thioether (sulfide) groups is 1. The Kier molecular flexibility index (Phi) is 5.89. The van der Waals surface area contributed by atoms with Crippen molar-refractivity contribution < 1.29 is 5.11 Å². The first-order chi connectivity index (χ1) is 8.76. The normalized spacial score (nSPS) is 14.5. The molecule has 1 heterocycles. The summed E-state index contributed by atoms with van der Waals surface area (Å²) >= 11 is 7.73. The maximum atomic E-state index is 10.2. The minimum atomic E-state index is -0.777. The summed E-state index contributed by atoms with van der Waals surface area (Å²) in [6.45, 7) is 8.15. The van der Waals surface area contributed by atoms with Crippen LogP contribution in [0, 0.1) is 6.92 Å². The van der Waals surface area contributed by atoms with Crippen LogP contribution in [0.2, 0.25) is 5.15 Å². The van der Waals surface area contributed by atoms with Crippen LogP contribution in [0.15, 0.2) is 0 Å². The number of hydrogen-bond donors (Lipinski definition) is 2. The third-order valence-corrected chi connectivity index (χ3v) is 3.99. The third kappa shape index (κ3) is 4.82. The summed E-state index contributed by atoms with van der Waals surface area (Å²) in [6, 6.07) is 0. The van der Waals surface area contributed by atoms with Crippen molar-refractivity contribution >= 4 is 29.2 Å². The number of hydrogen-bond acceptors (Lipinski definition) is 5. The highest BCUT2D eigenvalue weighted by molar-refractivity contribution is 7.98. The molecule has 0 fully saturated rings. The van der Waals surface area contributed by atoms with Gasteiger partial charge in [0.05, 0.1) is 5.60 Å². The Morgan fingerprint density at radius 1 is 1.42 bits per heavy atom. The maximum absolute atomic E-state index is 10.2. The van der Waals surface area contributed by atoms with E-state index in [0.717, 1.165) is 5.56 Å². The van der Waals surface area contributed by atoms with E-state index in [4.69, 9.17) is 11.6 Å². The third-order valence-electron chi connectivity index (χ3n) is 2.71. The van der Waals surface area contributed by atoms with Crippen LogP contribution in [-0.4, -0.2) is 39.2 Å². The number of anilines is 1. The summed E-state index contributed by atoms with van der Waals surface area (Å²) in [4.78, 5) is 8.73. The van der Waals surface area contributed by atoms with Gasteiger partial charge in [-0.05, 0) is 20.1 Å². The predicted molar refractivity (Wildman–Crippen MR) is 83.4 cm³/mol. The molecule has 0 aromatic carbocycles. The zero-order chi connectivity index (χ0) is 14.6. The van der Waals surface area contributed by atoms with Gasteiger partial charge >= 0.3 is 0 Å². The summed E-state index contributed by atoms with van der Waals surface area (Å²) in [7, 11) is 0. The van der Waals surface area contributed by atoms with Crippen LogP contribution in [0.5, 0.6) is 0 Å². The number of halogens is 1. The second kappa shape index (κ2) is 6.77. The van der Waals surface area contributed by atoms with Crippen molar-refractivity contribution in [2.75, 3.05) is 23.9 Å². The smallest absolute Gasteiger partial charge is 0.137 e. The quantitative estimate of drug-likeness (QED) is 0.791. The molecule has 2 N–H and O–H groups in total. The van der Waals surface area contributed by atoms with Crippen molar-refractivity contribution in [3.8, 4) is 0 Å². The van der Waals surface area contributed by atoms with Gasteiger partial charge in [-0.2, -0.15) is 11.8 Å². The van der Waals surface area contributed by atoms with E-state index in [0.29, 0.717) is 29.1 Å². The van der Waals surface area contributed by atoms with E-state index in [1.54, 1.807) is 18.7 Å². The lowest BCUT2D eigenvalue weighted by atomic mass is 10.1. The molecule has 0 saturated carbocycles. The molecule has 0 aliphatic rings. The summed E-state index contributed by atoms with van der Waals surface area (Å²) in [5.41, 5.74) is 0.0346. The molecule has 0 saturated heterocycles. The largest absolute Gasteiger partial charge is 0.387 e. The average Bonchev–Trinajstić information content (AvgIpc) is 2.30. The van der Waals surface area contributed by atoms with Crippen LogP contribution in [0.1, 0.15) is 38.1 Å². The van der Waals surface area contributed by atoms with Gasteiger partial charge in [0, 0.05) is 23.8 Å². The summed E-state index contributed by atoms with van der Waals surface area (Å²) in [5, 5.41) is 13.8. The van der Waals surface area contributed by atoms with Gasteiger partial charge in [-0.15, -0.1) is 0 Å². The summed E-state index contributed by atoms with van der Waals surface area (Å²) < 4.78 is 0. The Labute approximate surface area is 124 Å². The summed E-state index contributed by atoms with van der Waals surface area (Å²) in [5.74, 6) is 2.28. The molecule has 1 unspecified atom stereocenters. The van der Waals surface area contributed by atoms with Crippen molar-refractivity contribution in [1.82, 2.24) is 9.97 Å². The molecule has 0 radical (unpaired) electrons. The molecule has 0 amide bonds. The minimum Gasteiger partial charge on any atom is -0.387 e. The minimum absolute atomic E-state index is 0.213. The number of aromatic nitrogens is 2. The van der Waals surface area contributed by atoms with Gasteiger partial charge in [-0.25, -0.2) is 9.97 Å². The number of nitrogens with zero attached hydrogens (tertiary/aromatic N) is 2. The molecule has 1 aromatic rings. The molecule has 0 bridgehead atoms. The lowest BCUT2D eigenvalue weighted by Crippen LogP contribution is -2.36. The van der Waals surface area contributed by atoms with E-state index in [-0.39, 0.29) is 5.92 Å². The Hall–Kier alpha value is -0.520. The van der Waals surface area contributed by atoms with Gasteiger partial charge in [0.1, 0.15) is 16.8 Å². The molecule has 1 aromatic heterocycles. The first-order valence-electron chi connectivity index (χ1n) is 6.26. The summed E-state index contributed by atoms with van der Waals surface area (Å²) in [6.07, 6.45) is 1.97. The second-order valence-corrected chi connectivity index (χ2v) is 6.51. The molecule has 0 aliphatic heterocycles. The van der Waals surface area contributed by atoms with Crippen LogP contribution in [-0.2, 0) is 0 Å². The SMILES string of the molecule is CSCC(C)(O)CNc1nc(C(C)C)nc(Cl)c1C. The first-order valence-corrected chi connectivity index (χ1v) is 8.03. The van der Waals surface area contributed by atoms with E-state index in [9.17, 15) is 5.11 Å². The lowest BCUT2D eigenvalue weighted by molar-refractivity contribution is 0.0996. The monoisotopic (exact) mass is 303 g/mol. The van der Waals surface area contributed by atoms with Crippen LogP contribution < -0.4 is 5.32 Å². The zero-order valence-corrected chi connectivity index (χ0v) is 13.7. The molecule has 1 atom stereocenters. The molecular formula is C13H22ClN3OS. The highest BCUT2D eigenvalue weighted by Crippen LogP contribution is 2.23.